The molecule has 2 rings (SSSR count). The van der Waals surface area contributed by atoms with Crippen LogP contribution in [0, 0.1) is 10.5 Å². The summed E-state index contributed by atoms with van der Waals surface area (Å²) in [6.07, 6.45) is 0. The van der Waals surface area contributed by atoms with Crippen molar-refractivity contribution in [2.45, 2.75) is 6.92 Å². The lowest BCUT2D eigenvalue weighted by Gasteiger charge is -2.10. The summed E-state index contributed by atoms with van der Waals surface area (Å²) in [6.45, 7) is 1.77. The molecule has 0 aromatic heterocycles. The van der Waals surface area contributed by atoms with Crippen molar-refractivity contribution >= 4 is 40.2 Å². The van der Waals surface area contributed by atoms with Gasteiger partial charge in [-0.15, -0.1) is 0 Å². The van der Waals surface area contributed by atoms with Crippen molar-refractivity contribution in [1.82, 2.24) is 0 Å². The van der Waals surface area contributed by atoms with Gasteiger partial charge in [0.25, 0.3) is 5.91 Å². The normalized spacial score (nSPS) is 10.2. The minimum Gasteiger partial charge on any atom is -0.507 e. The second-order valence-corrected chi connectivity index (χ2v) is 5.72. The van der Waals surface area contributed by atoms with Gasteiger partial charge < -0.3 is 15.5 Å². The molecule has 5 nitrogen and oxygen atoms in total. The van der Waals surface area contributed by atoms with Gasteiger partial charge in [-0.1, -0.05) is 11.6 Å². The summed E-state index contributed by atoms with van der Waals surface area (Å²) in [5.41, 5.74) is 1.08. The molecule has 0 spiro atoms. The number of aromatic carboxylic acids is 1. The van der Waals surface area contributed by atoms with Crippen LogP contribution >= 0.6 is 22.6 Å². The number of phenolic OH excluding ortho intramolecular Hbond substituents is 1. The van der Waals surface area contributed by atoms with Gasteiger partial charge in [0, 0.05) is 3.57 Å². The number of anilines is 1. The molecule has 0 fully saturated rings. The summed E-state index contributed by atoms with van der Waals surface area (Å²) in [5, 5.41) is 21.4. The maximum atomic E-state index is 12.2. The molecule has 0 atom stereocenters. The van der Waals surface area contributed by atoms with E-state index in [1.165, 1.54) is 24.3 Å². The molecule has 2 aromatic carbocycles. The minimum absolute atomic E-state index is 0.00784. The number of nitrogens with one attached hydrogen (secondary N) is 1. The van der Waals surface area contributed by atoms with Crippen molar-refractivity contribution in [3.8, 4) is 5.75 Å². The topological polar surface area (TPSA) is 86.6 Å². The van der Waals surface area contributed by atoms with Crippen LogP contribution in [0.1, 0.15) is 26.3 Å². The summed E-state index contributed by atoms with van der Waals surface area (Å²) in [4.78, 5) is 23.4. The highest BCUT2D eigenvalue weighted by Crippen LogP contribution is 2.23. The number of aryl methyl sites for hydroxylation is 1. The summed E-state index contributed by atoms with van der Waals surface area (Å²) in [7, 11) is 0. The van der Waals surface area contributed by atoms with Crippen LogP contribution in [-0.4, -0.2) is 22.1 Å². The van der Waals surface area contributed by atoms with Crippen LogP contribution in [0.15, 0.2) is 36.4 Å². The molecule has 0 saturated carbocycles. The molecule has 2 aromatic rings. The fourth-order valence-corrected chi connectivity index (χ4v) is 2.32. The molecule has 108 valence electrons. The van der Waals surface area contributed by atoms with Crippen LogP contribution in [0.4, 0.5) is 5.69 Å². The number of carboxylic acids is 1. The van der Waals surface area contributed by atoms with E-state index in [1.54, 1.807) is 19.1 Å². The molecule has 6 heteroatoms. The second-order valence-electron chi connectivity index (χ2n) is 4.47. The highest BCUT2D eigenvalue weighted by Gasteiger charge is 2.16. The molecule has 0 aliphatic rings. The van der Waals surface area contributed by atoms with Crippen molar-refractivity contribution in [3.05, 3.63) is 56.7 Å². The van der Waals surface area contributed by atoms with Gasteiger partial charge in [0.15, 0.2) is 0 Å². The zero-order valence-electron chi connectivity index (χ0n) is 11.1. The van der Waals surface area contributed by atoms with Crippen molar-refractivity contribution in [2.75, 3.05) is 5.32 Å². The maximum Gasteiger partial charge on any atom is 0.337 e. The van der Waals surface area contributed by atoms with Gasteiger partial charge in [0.05, 0.1) is 16.8 Å². The molecular formula is C15H12INO4. The van der Waals surface area contributed by atoms with E-state index in [2.05, 4.69) is 5.32 Å². The molecule has 3 N–H and O–H groups in total. The Kier molecular flexibility index (Phi) is 4.46. The molecule has 0 aliphatic heterocycles. The molecule has 0 radical (unpaired) electrons. The predicted octanol–water partition coefficient (Wildman–Crippen LogP) is 3.26. The van der Waals surface area contributed by atoms with Gasteiger partial charge in [0.2, 0.25) is 0 Å². The van der Waals surface area contributed by atoms with E-state index in [0.717, 1.165) is 9.13 Å². The fraction of sp³-hybridized carbons (Fsp3) is 0.0667. The Bertz CT molecular complexity index is 728. The average Bonchev–Trinajstić information content (AvgIpc) is 2.43. The van der Waals surface area contributed by atoms with Gasteiger partial charge >= 0.3 is 5.97 Å². The van der Waals surface area contributed by atoms with Crippen molar-refractivity contribution in [2.24, 2.45) is 0 Å². The Balaban J connectivity index is 2.36. The number of aromatic hydroxyl groups is 1. The molecule has 0 bridgehead atoms. The van der Waals surface area contributed by atoms with Crippen LogP contribution in [-0.2, 0) is 0 Å². The SMILES string of the molecule is Cc1ccc(NC(=O)c2cc(I)ccc2O)c(C(=O)O)c1. The quantitative estimate of drug-likeness (QED) is 0.695. The zero-order valence-corrected chi connectivity index (χ0v) is 13.2. The first-order valence-electron chi connectivity index (χ1n) is 6.02. The Hall–Kier alpha value is -2.09. The van der Waals surface area contributed by atoms with E-state index in [9.17, 15) is 19.8 Å². The third-order valence-electron chi connectivity index (χ3n) is 2.86. The number of hydrogen-bond acceptors (Lipinski definition) is 3. The summed E-state index contributed by atoms with van der Waals surface area (Å²) < 4.78 is 0.790. The van der Waals surface area contributed by atoms with Crippen molar-refractivity contribution in [1.29, 1.82) is 0 Å². The molecule has 21 heavy (non-hydrogen) atoms. The third kappa shape index (κ3) is 3.52. The highest BCUT2D eigenvalue weighted by molar-refractivity contribution is 14.1. The maximum absolute atomic E-state index is 12.2. The monoisotopic (exact) mass is 397 g/mol. The predicted molar refractivity (Wildman–Crippen MR) is 86.9 cm³/mol. The Labute approximate surface area is 134 Å². The van der Waals surface area contributed by atoms with Crippen molar-refractivity contribution in [3.63, 3.8) is 0 Å². The number of phenols is 1. The van der Waals surface area contributed by atoms with E-state index < -0.39 is 11.9 Å². The molecule has 1 amide bonds. The second kappa shape index (κ2) is 6.13. The minimum atomic E-state index is -1.12. The molecule has 0 saturated heterocycles. The van der Waals surface area contributed by atoms with Crippen LogP contribution in [0.25, 0.3) is 0 Å². The lowest BCUT2D eigenvalue weighted by molar-refractivity contribution is 0.0698. The number of carbonyl (C=O) groups excluding carboxylic acids is 1. The summed E-state index contributed by atoms with van der Waals surface area (Å²) in [6, 6.07) is 9.33. The number of carboxylic acid groups (broad SMARTS) is 1. The van der Waals surface area contributed by atoms with Crippen LogP contribution in [0.2, 0.25) is 0 Å². The van der Waals surface area contributed by atoms with E-state index in [4.69, 9.17) is 0 Å². The van der Waals surface area contributed by atoms with E-state index in [-0.39, 0.29) is 22.6 Å². The number of halogens is 1. The van der Waals surface area contributed by atoms with Gasteiger partial charge in [-0.2, -0.15) is 0 Å². The number of rotatable bonds is 3. The summed E-state index contributed by atoms with van der Waals surface area (Å²) in [5.74, 6) is -1.84. The standard InChI is InChI=1S/C15H12INO4/c1-8-2-4-12(10(6-8)15(20)21)17-14(19)11-7-9(16)3-5-13(11)18/h2-7,18H,1H3,(H,17,19)(H,20,21). The smallest absolute Gasteiger partial charge is 0.337 e. The third-order valence-corrected chi connectivity index (χ3v) is 3.53. The summed E-state index contributed by atoms with van der Waals surface area (Å²) >= 11 is 2.02. The highest BCUT2D eigenvalue weighted by atomic mass is 127. The number of benzene rings is 2. The molecular weight excluding hydrogens is 385 g/mol. The first-order chi connectivity index (χ1) is 9.88. The number of carbonyl (C=O) groups is 2. The van der Waals surface area contributed by atoms with E-state index >= 15 is 0 Å². The molecule has 0 unspecified atom stereocenters. The lowest BCUT2D eigenvalue weighted by Crippen LogP contribution is -2.15. The van der Waals surface area contributed by atoms with Gasteiger partial charge in [-0.05, 0) is 59.8 Å². The van der Waals surface area contributed by atoms with E-state index in [1.807, 2.05) is 22.6 Å². The van der Waals surface area contributed by atoms with Crippen LogP contribution in [0.5, 0.6) is 5.75 Å². The van der Waals surface area contributed by atoms with Crippen LogP contribution in [0.3, 0.4) is 0 Å². The van der Waals surface area contributed by atoms with Gasteiger partial charge in [-0.25, -0.2) is 4.79 Å². The van der Waals surface area contributed by atoms with Crippen molar-refractivity contribution < 1.29 is 19.8 Å². The first kappa shape index (κ1) is 15.3. The van der Waals surface area contributed by atoms with E-state index in [0.29, 0.717) is 0 Å². The average molecular weight is 397 g/mol. The molecule has 0 heterocycles. The van der Waals surface area contributed by atoms with Gasteiger partial charge in [0.1, 0.15) is 5.75 Å². The Morgan fingerprint density at radius 1 is 1.10 bits per heavy atom. The fourth-order valence-electron chi connectivity index (χ4n) is 1.82. The zero-order chi connectivity index (χ0) is 15.6. The number of hydrogen-bond donors (Lipinski definition) is 3. The Morgan fingerprint density at radius 2 is 1.81 bits per heavy atom. The Morgan fingerprint density at radius 3 is 2.48 bits per heavy atom. The number of amides is 1. The van der Waals surface area contributed by atoms with Gasteiger partial charge in [-0.3, -0.25) is 4.79 Å². The largest absolute Gasteiger partial charge is 0.507 e. The lowest BCUT2D eigenvalue weighted by atomic mass is 10.1. The van der Waals surface area contributed by atoms with Crippen LogP contribution < -0.4 is 5.32 Å². The first-order valence-corrected chi connectivity index (χ1v) is 7.10. The molecule has 0 aliphatic carbocycles.